The fraction of sp³-hybridized carbons (Fsp3) is 0.296. The molecule has 0 heterocycles. The lowest BCUT2D eigenvalue weighted by Gasteiger charge is -2.22. The van der Waals surface area contributed by atoms with Crippen molar-refractivity contribution in [2.24, 2.45) is 0 Å². The van der Waals surface area contributed by atoms with E-state index in [1.807, 2.05) is 54.6 Å². The van der Waals surface area contributed by atoms with Crippen molar-refractivity contribution in [1.82, 2.24) is 5.32 Å². The Labute approximate surface area is 207 Å². The second-order valence-corrected chi connectivity index (χ2v) is 11.1. The van der Waals surface area contributed by atoms with Crippen molar-refractivity contribution in [3.8, 4) is 17.2 Å². The lowest BCUT2D eigenvalue weighted by atomic mass is 9.87. The molecule has 0 aromatic heterocycles. The van der Waals surface area contributed by atoms with Crippen LogP contribution in [0.5, 0.6) is 17.2 Å². The second kappa shape index (κ2) is 11.3. The van der Waals surface area contributed by atoms with E-state index in [4.69, 9.17) is 9.47 Å². The van der Waals surface area contributed by atoms with Gasteiger partial charge in [-0.25, -0.2) is 8.42 Å². The number of nitrogens with one attached hydrogen (secondary N) is 1. The molecule has 1 N–H and O–H groups in total. The third-order valence-electron chi connectivity index (χ3n) is 5.20. The van der Waals surface area contributed by atoms with Crippen molar-refractivity contribution in [3.05, 3.63) is 84.4 Å². The minimum Gasteiger partial charge on any atom is -0.492 e. The van der Waals surface area contributed by atoms with E-state index in [0.717, 1.165) is 10.6 Å². The molecule has 0 aliphatic rings. The molecule has 0 saturated carbocycles. The van der Waals surface area contributed by atoms with Crippen molar-refractivity contribution < 1.29 is 22.7 Å². The molecule has 8 heteroatoms. The topological polar surface area (TPSA) is 84.9 Å². The molecule has 3 aromatic carbocycles. The first-order chi connectivity index (χ1) is 16.5. The van der Waals surface area contributed by atoms with E-state index in [9.17, 15) is 13.2 Å². The van der Waals surface area contributed by atoms with Crippen molar-refractivity contribution >= 4 is 21.6 Å². The van der Waals surface area contributed by atoms with Gasteiger partial charge in [0.25, 0.3) is 0 Å². The fourth-order valence-electron chi connectivity index (χ4n) is 3.30. The van der Waals surface area contributed by atoms with Gasteiger partial charge in [-0.3, -0.25) is 9.10 Å². The maximum absolute atomic E-state index is 12.5. The molecule has 0 aliphatic carbocycles. The zero-order valence-electron chi connectivity index (χ0n) is 20.5. The summed E-state index contributed by atoms with van der Waals surface area (Å²) in [6.45, 7) is 6.62. The second-order valence-electron chi connectivity index (χ2n) is 9.15. The number of anilines is 1. The van der Waals surface area contributed by atoms with E-state index in [-0.39, 0.29) is 25.1 Å². The number of hydrogen-bond donors (Lipinski definition) is 1. The Bertz CT molecular complexity index is 1200. The summed E-state index contributed by atoms with van der Waals surface area (Å²) in [4.78, 5) is 12.5. The van der Waals surface area contributed by atoms with E-state index in [0.29, 0.717) is 22.9 Å². The van der Waals surface area contributed by atoms with Gasteiger partial charge in [0.1, 0.15) is 30.4 Å². The Morgan fingerprint density at radius 2 is 1.43 bits per heavy atom. The fourth-order valence-corrected chi connectivity index (χ4v) is 4.16. The van der Waals surface area contributed by atoms with E-state index in [2.05, 4.69) is 26.1 Å². The third-order valence-corrected chi connectivity index (χ3v) is 6.35. The van der Waals surface area contributed by atoms with E-state index < -0.39 is 15.9 Å². The maximum atomic E-state index is 12.5. The van der Waals surface area contributed by atoms with Gasteiger partial charge >= 0.3 is 0 Å². The van der Waals surface area contributed by atoms with Crippen LogP contribution in [0.15, 0.2) is 78.9 Å². The van der Waals surface area contributed by atoms with Gasteiger partial charge in [-0.15, -0.1) is 0 Å². The average Bonchev–Trinajstić information content (AvgIpc) is 2.81. The Hall–Kier alpha value is -3.52. The number of sulfonamides is 1. The van der Waals surface area contributed by atoms with Crippen molar-refractivity contribution in [3.63, 3.8) is 0 Å². The molecule has 0 unspecified atom stereocenters. The normalized spacial score (nSPS) is 11.5. The molecule has 0 fully saturated rings. The van der Waals surface area contributed by atoms with Crippen molar-refractivity contribution in [1.29, 1.82) is 0 Å². The number of para-hydroxylation sites is 1. The number of carbonyl (C=O) groups is 1. The summed E-state index contributed by atoms with van der Waals surface area (Å²) >= 11 is 0. The Morgan fingerprint density at radius 1 is 0.857 bits per heavy atom. The van der Waals surface area contributed by atoms with E-state index in [1.54, 1.807) is 24.3 Å². The predicted octanol–water partition coefficient (Wildman–Crippen LogP) is 4.74. The van der Waals surface area contributed by atoms with Crippen molar-refractivity contribution in [2.75, 3.05) is 30.3 Å². The molecule has 3 rings (SSSR count). The summed E-state index contributed by atoms with van der Waals surface area (Å²) in [7, 11) is -3.67. The zero-order valence-corrected chi connectivity index (χ0v) is 21.3. The minimum absolute atomic E-state index is 0.0627. The summed E-state index contributed by atoms with van der Waals surface area (Å²) in [6.07, 6.45) is 1.07. The Morgan fingerprint density at radius 3 is 2.00 bits per heavy atom. The molecule has 35 heavy (non-hydrogen) atoms. The van der Waals surface area contributed by atoms with E-state index >= 15 is 0 Å². The molecule has 0 bridgehead atoms. The number of nitrogens with zero attached hydrogens (tertiary/aromatic N) is 1. The van der Waals surface area contributed by atoms with Gasteiger partial charge in [-0.05, 0) is 59.5 Å². The molecule has 0 atom stereocenters. The number of amides is 1. The van der Waals surface area contributed by atoms with Crippen LogP contribution in [0.4, 0.5) is 5.69 Å². The molecule has 0 saturated heterocycles. The van der Waals surface area contributed by atoms with Crippen LogP contribution in [0, 0.1) is 0 Å². The maximum Gasteiger partial charge on any atom is 0.240 e. The third kappa shape index (κ3) is 8.03. The molecule has 1 amide bonds. The van der Waals surface area contributed by atoms with Crippen LogP contribution in [0.1, 0.15) is 26.3 Å². The molecular weight excluding hydrogens is 464 g/mol. The number of benzene rings is 3. The first-order valence-electron chi connectivity index (χ1n) is 11.3. The summed E-state index contributed by atoms with van der Waals surface area (Å²) in [5.41, 5.74) is 1.64. The molecule has 7 nitrogen and oxygen atoms in total. The van der Waals surface area contributed by atoms with Gasteiger partial charge in [0.2, 0.25) is 15.9 Å². The first-order valence-corrected chi connectivity index (χ1v) is 13.2. The van der Waals surface area contributed by atoms with Gasteiger partial charge in [0, 0.05) is 0 Å². The summed E-state index contributed by atoms with van der Waals surface area (Å²) in [6, 6.07) is 23.7. The highest BCUT2D eigenvalue weighted by Gasteiger charge is 2.21. The molecule has 0 radical (unpaired) electrons. The van der Waals surface area contributed by atoms with Gasteiger partial charge < -0.3 is 14.8 Å². The van der Waals surface area contributed by atoms with Gasteiger partial charge in [0.05, 0.1) is 18.5 Å². The lowest BCUT2D eigenvalue weighted by Crippen LogP contribution is -2.41. The molecule has 3 aromatic rings. The lowest BCUT2D eigenvalue weighted by molar-refractivity contribution is -0.119. The van der Waals surface area contributed by atoms with Crippen LogP contribution >= 0.6 is 0 Å². The summed E-state index contributed by atoms with van der Waals surface area (Å²) in [5, 5.41) is 2.71. The smallest absolute Gasteiger partial charge is 0.240 e. The van der Waals surface area contributed by atoms with Crippen LogP contribution < -0.4 is 19.1 Å². The predicted molar refractivity (Wildman–Crippen MR) is 139 cm³/mol. The first kappa shape index (κ1) is 26.1. The zero-order chi connectivity index (χ0) is 25.5. The number of rotatable bonds is 10. The average molecular weight is 497 g/mol. The van der Waals surface area contributed by atoms with Gasteiger partial charge in [-0.1, -0.05) is 51.1 Å². The molecule has 0 aliphatic heterocycles. The number of hydrogen-bond acceptors (Lipinski definition) is 5. The Balaban J connectivity index is 1.52. The van der Waals surface area contributed by atoms with Gasteiger partial charge in [0.15, 0.2) is 0 Å². The molecular formula is C27H32N2O5S. The summed E-state index contributed by atoms with van der Waals surface area (Å²) < 4.78 is 37.2. The highest BCUT2D eigenvalue weighted by Crippen LogP contribution is 2.26. The number of carbonyl (C=O) groups excluding carboxylic acids is 1. The molecule has 186 valence electrons. The standard InChI is InChI=1S/C27H32N2O5S/c1-27(2,3)21-10-14-23(15-11-21)33-19-18-28-26(30)20-29(35(4,31)32)22-12-16-25(17-13-22)34-24-8-6-5-7-9-24/h5-17H,18-20H2,1-4H3,(H,28,30). The highest BCUT2D eigenvalue weighted by molar-refractivity contribution is 7.92. The van der Waals surface area contributed by atoms with Crippen LogP contribution in [0.2, 0.25) is 0 Å². The minimum atomic E-state index is -3.67. The highest BCUT2D eigenvalue weighted by atomic mass is 32.2. The quantitative estimate of drug-likeness (QED) is 0.410. The van der Waals surface area contributed by atoms with Crippen LogP contribution in [0.3, 0.4) is 0 Å². The van der Waals surface area contributed by atoms with Crippen LogP contribution in [-0.2, 0) is 20.2 Å². The SMILES string of the molecule is CC(C)(C)c1ccc(OCCNC(=O)CN(c2ccc(Oc3ccccc3)cc2)S(C)(=O)=O)cc1. The monoisotopic (exact) mass is 496 g/mol. The van der Waals surface area contributed by atoms with Gasteiger partial charge in [-0.2, -0.15) is 0 Å². The molecule has 0 spiro atoms. The largest absolute Gasteiger partial charge is 0.492 e. The van der Waals surface area contributed by atoms with Crippen LogP contribution in [-0.4, -0.2) is 40.3 Å². The Kier molecular flexibility index (Phi) is 8.40. The number of ether oxygens (including phenoxy) is 2. The summed E-state index contributed by atoms with van der Waals surface area (Å²) in [5.74, 6) is 1.52. The van der Waals surface area contributed by atoms with Crippen LogP contribution in [0.25, 0.3) is 0 Å². The van der Waals surface area contributed by atoms with Crippen molar-refractivity contribution in [2.45, 2.75) is 26.2 Å². The van der Waals surface area contributed by atoms with E-state index in [1.165, 1.54) is 5.56 Å².